The van der Waals surface area contributed by atoms with Crippen LogP contribution >= 0.6 is 61.1 Å². The lowest BCUT2D eigenvalue weighted by atomic mass is 10.1. The number of aryl methyl sites for hydroxylation is 2. The second kappa shape index (κ2) is 10.7. The normalized spacial score (nSPS) is 11.2. The second-order valence-electron chi connectivity index (χ2n) is 6.79. The average molecular weight is 702 g/mol. The quantitative estimate of drug-likeness (QED) is 0.186. The van der Waals surface area contributed by atoms with Gasteiger partial charge in [0.1, 0.15) is 24.0 Å². The van der Waals surface area contributed by atoms with Gasteiger partial charge in [-0.15, -0.1) is 0 Å². The molecule has 0 aliphatic rings. The summed E-state index contributed by atoms with van der Waals surface area (Å²) in [5.74, 6) is 0.327. The summed E-state index contributed by atoms with van der Waals surface area (Å²) < 4.78 is 10.5. The summed E-state index contributed by atoms with van der Waals surface area (Å²) in [5.41, 5.74) is 6.40. The Morgan fingerprint density at radius 3 is 2.26 bits per heavy atom. The van der Waals surface area contributed by atoms with Gasteiger partial charge in [0.15, 0.2) is 0 Å². The van der Waals surface area contributed by atoms with Crippen molar-refractivity contribution in [2.24, 2.45) is 0 Å². The number of hydrogen-bond acceptors (Lipinski definition) is 3. The summed E-state index contributed by atoms with van der Waals surface area (Å²) in [5, 5.41) is 9.53. The van der Waals surface area contributed by atoms with Gasteiger partial charge in [-0.2, -0.15) is 5.26 Å². The lowest BCUT2D eigenvalue weighted by Gasteiger charge is -2.12. The van der Waals surface area contributed by atoms with E-state index in [0.717, 1.165) is 39.9 Å². The van der Waals surface area contributed by atoms with Crippen LogP contribution in [-0.4, -0.2) is 10.6 Å². The molecule has 0 unspecified atom stereocenters. The maximum atomic E-state index is 12.6. The summed E-state index contributed by atoms with van der Waals surface area (Å²) in [6, 6.07) is 17.6. The number of carbonyl (C=O) groups is 1. The molecule has 1 aromatic heterocycles. The van der Waals surface area contributed by atoms with Crippen LogP contribution < -0.4 is 10.2 Å². The summed E-state index contributed by atoms with van der Waals surface area (Å²) >= 11 is 7.85. The minimum absolute atomic E-state index is 0.0302. The Kier molecular flexibility index (Phi) is 8.18. The molecule has 1 amide bonds. The number of amides is 1. The maximum Gasteiger partial charge on any atom is 0.280 e. The molecule has 0 aliphatic heterocycles. The monoisotopic (exact) mass is 701 g/mol. The Bertz CT molecular complexity index is 1150. The van der Waals surface area contributed by atoms with Crippen LogP contribution in [0.2, 0.25) is 0 Å². The zero-order valence-corrected chi connectivity index (χ0v) is 22.6. The standard InChI is InChI=1S/C23H18BrI2N3O2/c1-14-3-4-15(2)29(14)28-23(30)18(12-27)9-17-10-20(25)22(21(26)11-17)31-13-16-5-7-19(24)8-6-16/h3-11H,13H2,1-2H3,(H,28,30)/b18-9-. The maximum absolute atomic E-state index is 12.6. The Balaban J connectivity index is 1.78. The average Bonchev–Trinajstić information content (AvgIpc) is 3.04. The van der Waals surface area contributed by atoms with E-state index >= 15 is 0 Å². The summed E-state index contributed by atoms with van der Waals surface area (Å²) in [7, 11) is 0. The summed E-state index contributed by atoms with van der Waals surface area (Å²) in [4.78, 5) is 12.6. The van der Waals surface area contributed by atoms with Crippen LogP contribution in [0.1, 0.15) is 22.5 Å². The number of nitrogens with one attached hydrogen (secondary N) is 1. The topological polar surface area (TPSA) is 67.0 Å². The van der Waals surface area contributed by atoms with Gasteiger partial charge in [-0.3, -0.25) is 14.9 Å². The zero-order chi connectivity index (χ0) is 22.5. The highest BCUT2D eigenvalue weighted by molar-refractivity contribution is 14.1. The van der Waals surface area contributed by atoms with Crippen LogP contribution in [0.15, 0.2) is 58.6 Å². The number of halogens is 3. The number of nitrogens with zero attached hydrogens (tertiary/aromatic N) is 2. The molecule has 3 rings (SSSR count). The van der Waals surface area contributed by atoms with Gasteiger partial charge < -0.3 is 4.74 Å². The fraction of sp³-hybridized carbons (Fsp3) is 0.130. The van der Waals surface area contributed by atoms with E-state index in [1.54, 1.807) is 10.8 Å². The molecule has 158 valence electrons. The van der Waals surface area contributed by atoms with Gasteiger partial charge in [0, 0.05) is 15.9 Å². The highest BCUT2D eigenvalue weighted by Crippen LogP contribution is 2.30. The number of hydrogen-bond donors (Lipinski definition) is 1. The van der Waals surface area contributed by atoms with Crippen molar-refractivity contribution in [3.05, 3.63) is 88.2 Å². The Morgan fingerprint density at radius 1 is 1.13 bits per heavy atom. The number of nitriles is 1. The van der Waals surface area contributed by atoms with E-state index in [9.17, 15) is 10.1 Å². The minimum Gasteiger partial charge on any atom is -0.487 e. The molecule has 0 aliphatic carbocycles. The first-order valence-corrected chi connectivity index (χ1v) is 12.2. The molecule has 1 N–H and O–H groups in total. The second-order valence-corrected chi connectivity index (χ2v) is 10.0. The zero-order valence-electron chi connectivity index (χ0n) is 16.7. The fourth-order valence-electron chi connectivity index (χ4n) is 2.86. The third kappa shape index (κ3) is 6.11. The number of aromatic nitrogens is 1. The number of benzene rings is 2. The predicted octanol–water partition coefficient (Wildman–Crippen LogP) is 6.33. The number of carbonyl (C=O) groups excluding carboxylic acids is 1. The van der Waals surface area contributed by atoms with Crippen LogP contribution in [0, 0.1) is 32.3 Å². The first kappa shape index (κ1) is 23.8. The van der Waals surface area contributed by atoms with Crippen LogP contribution in [0.5, 0.6) is 5.75 Å². The minimum atomic E-state index is -0.453. The van der Waals surface area contributed by atoms with Crippen LogP contribution in [0.4, 0.5) is 0 Å². The van der Waals surface area contributed by atoms with Gasteiger partial charge in [0.05, 0.1) is 7.14 Å². The van der Waals surface area contributed by atoms with Gasteiger partial charge >= 0.3 is 0 Å². The molecule has 0 spiro atoms. The van der Waals surface area contributed by atoms with Crippen molar-refractivity contribution in [1.29, 1.82) is 5.26 Å². The van der Waals surface area contributed by atoms with Crippen LogP contribution in [0.3, 0.4) is 0 Å². The third-order valence-corrected chi connectivity index (χ3v) is 6.61. The molecule has 5 nitrogen and oxygen atoms in total. The molecular weight excluding hydrogens is 684 g/mol. The molecule has 8 heteroatoms. The van der Waals surface area contributed by atoms with E-state index in [2.05, 4.69) is 66.5 Å². The molecule has 0 saturated carbocycles. The van der Waals surface area contributed by atoms with Gasteiger partial charge in [-0.25, -0.2) is 0 Å². The van der Waals surface area contributed by atoms with E-state index < -0.39 is 5.91 Å². The Morgan fingerprint density at radius 2 is 1.71 bits per heavy atom. The van der Waals surface area contributed by atoms with Crippen molar-refractivity contribution in [3.63, 3.8) is 0 Å². The molecule has 1 heterocycles. The van der Waals surface area contributed by atoms with Crippen LogP contribution in [0.25, 0.3) is 6.08 Å². The fourth-order valence-corrected chi connectivity index (χ4v) is 5.25. The van der Waals surface area contributed by atoms with Crippen molar-refractivity contribution in [2.45, 2.75) is 20.5 Å². The highest BCUT2D eigenvalue weighted by Gasteiger charge is 2.14. The first-order chi connectivity index (χ1) is 14.8. The number of ether oxygens (including phenoxy) is 1. The molecule has 2 aromatic carbocycles. The molecule has 0 fully saturated rings. The van der Waals surface area contributed by atoms with Crippen molar-refractivity contribution in [2.75, 3.05) is 5.43 Å². The van der Waals surface area contributed by atoms with Crippen molar-refractivity contribution in [1.82, 2.24) is 4.68 Å². The largest absolute Gasteiger partial charge is 0.487 e. The highest BCUT2D eigenvalue weighted by atomic mass is 127. The van der Waals surface area contributed by atoms with E-state index in [1.807, 2.05) is 68.4 Å². The van der Waals surface area contributed by atoms with Crippen molar-refractivity contribution in [3.8, 4) is 11.8 Å². The third-order valence-electron chi connectivity index (χ3n) is 4.48. The number of rotatable bonds is 6. The summed E-state index contributed by atoms with van der Waals surface area (Å²) in [6.07, 6.45) is 1.59. The van der Waals surface area contributed by atoms with E-state index in [1.165, 1.54) is 0 Å². The van der Waals surface area contributed by atoms with E-state index in [0.29, 0.717) is 6.61 Å². The smallest absolute Gasteiger partial charge is 0.280 e. The summed E-state index contributed by atoms with van der Waals surface area (Å²) in [6.45, 7) is 4.23. The van der Waals surface area contributed by atoms with Gasteiger partial charge in [0.25, 0.3) is 5.91 Å². The predicted molar refractivity (Wildman–Crippen MR) is 142 cm³/mol. The lowest BCUT2D eigenvalue weighted by Crippen LogP contribution is -2.25. The molecule has 0 atom stereocenters. The molecule has 0 bridgehead atoms. The molecule has 3 aromatic rings. The van der Waals surface area contributed by atoms with E-state index in [4.69, 9.17) is 4.74 Å². The van der Waals surface area contributed by atoms with Gasteiger partial charge in [0.2, 0.25) is 0 Å². The van der Waals surface area contributed by atoms with Gasteiger partial charge in [-0.1, -0.05) is 28.1 Å². The molecule has 0 saturated heterocycles. The van der Waals surface area contributed by atoms with Gasteiger partial charge in [-0.05, 0) is 113 Å². The Labute approximate surface area is 216 Å². The van der Waals surface area contributed by atoms with E-state index in [-0.39, 0.29) is 5.57 Å². The van der Waals surface area contributed by atoms with Crippen molar-refractivity contribution < 1.29 is 9.53 Å². The lowest BCUT2D eigenvalue weighted by molar-refractivity contribution is -0.113. The SMILES string of the molecule is Cc1ccc(C)n1NC(=O)/C(C#N)=C\c1cc(I)c(OCc2ccc(Br)cc2)c(I)c1. The molecule has 31 heavy (non-hydrogen) atoms. The van der Waals surface area contributed by atoms with Crippen LogP contribution in [-0.2, 0) is 11.4 Å². The molecule has 0 radical (unpaired) electrons. The van der Waals surface area contributed by atoms with Crippen molar-refractivity contribution >= 4 is 73.1 Å². The Hall–Kier alpha value is -1.84. The first-order valence-electron chi connectivity index (χ1n) is 9.23. The molecular formula is C23H18BrI2N3O2.